The highest BCUT2D eigenvalue weighted by molar-refractivity contribution is 6.30. The molecule has 0 unspecified atom stereocenters. The largest absolute Gasteiger partial charge is 0.355 e. The molecule has 0 fully saturated rings. The summed E-state index contributed by atoms with van der Waals surface area (Å²) in [5.74, 6) is -0.0176. The summed E-state index contributed by atoms with van der Waals surface area (Å²) in [5, 5.41) is 7.41. The third-order valence-corrected chi connectivity index (χ3v) is 3.64. The van der Waals surface area contributed by atoms with E-state index >= 15 is 0 Å². The molecule has 2 aromatic rings. The van der Waals surface area contributed by atoms with Crippen LogP contribution in [0.15, 0.2) is 48.5 Å². The van der Waals surface area contributed by atoms with Crippen molar-refractivity contribution < 1.29 is 4.79 Å². The van der Waals surface area contributed by atoms with Gasteiger partial charge >= 0.3 is 0 Å². The lowest BCUT2D eigenvalue weighted by Crippen LogP contribution is -2.34. The van der Waals surface area contributed by atoms with Crippen molar-refractivity contribution in [2.75, 3.05) is 13.1 Å². The van der Waals surface area contributed by atoms with Crippen molar-refractivity contribution in [3.63, 3.8) is 0 Å². The molecule has 0 radical (unpaired) electrons. The molecule has 0 aliphatic heterocycles. The third-order valence-electron chi connectivity index (χ3n) is 3.15. The number of nitrogens with one attached hydrogen (secondary N) is 2. The van der Waals surface area contributed by atoms with E-state index in [9.17, 15) is 4.79 Å². The first-order valence-corrected chi connectivity index (χ1v) is 7.85. The Labute approximate surface area is 140 Å². The molecule has 116 valence electrons. The van der Waals surface area contributed by atoms with Gasteiger partial charge in [-0.15, -0.1) is 0 Å². The summed E-state index contributed by atoms with van der Waals surface area (Å²) in [7, 11) is 0. The Morgan fingerprint density at radius 3 is 2.45 bits per heavy atom. The summed E-state index contributed by atoms with van der Waals surface area (Å²) < 4.78 is 0. The molecule has 0 aromatic heterocycles. The fourth-order valence-corrected chi connectivity index (χ4v) is 2.36. The number of hydrogen-bond donors (Lipinski definition) is 2. The molecule has 3 nitrogen and oxygen atoms in total. The molecule has 2 N–H and O–H groups in total. The first-order chi connectivity index (χ1) is 10.6. The topological polar surface area (TPSA) is 41.1 Å². The summed E-state index contributed by atoms with van der Waals surface area (Å²) in [6.45, 7) is 1.53. The van der Waals surface area contributed by atoms with E-state index in [1.165, 1.54) is 0 Å². The van der Waals surface area contributed by atoms with Crippen molar-refractivity contribution in [1.29, 1.82) is 0 Å². The van der Waals surface area contributed by atoms with Crippen LogP contribution in [0.2, 0.25) is 10.0 Å². The van der Waals surface area contributed by atoms with Gasteiger partial charge in [-0.1, -0.05) is 47.5 Å². The molecule has 2 rings (SSSR count). The van der Waals surface area contributed by atoms with Crippen LogP contribution in [0.1, 0.15) is 11.1 Å². The Hall–Kier alpha value is -1.55. The summed E-state index contributed by atoms with van der Waals surface area (Å²) in [5.41, 5.74) is 2.21. The van der Waals surface area contributed by atoms with Gasteiger partial charge in [0.05, 0.1) is 6.54 Å². The second-order valence-corrected chi connectivity index (χ2v) is 5.83. The SMILES string of the molecule is O=C(CNCc1ccc(Cl)cc1)NCCc1cccc(Cl)c1. The number of carbonyl (C=O) groups is 1. The highest BCUT2D eigenvalue weighted by Gasteiger charge is 2.01. The van der Waals surface area contributed by atoms with Gasteiger partial charge in [-0.2, -0.15) is 0 Å². The smallest absolute Gasteiger partial charge is 0.233 e. The number of benzene rings is 2. The van der Waals surface area contributed by atoms with Crippen LogP contribution in [-0.4, -0.2) is 19.0 Å². The van der Waals surface area contributed by atoms with Crippen molar-refractivity contribution in [2.24, 2.45) is 0 Å². The van der Waals surface area contributed by atoms with E-state index in [0.717, 1.165) is 17.5 Å². The maximum atomic E-state index is 11.7. The lowest BCUT2D eigenvalue weighted by atomic mass is 10.1. The molecule has 1 amide bonds. The van der Waals surface area contributed by atoms with E-state index in [1.54, 1.807) is 0 Å². The molecule has 0 spiro atoms. The molecule has 0 saturated heterocycles. The molecule has 0 aliphatic rings. The Bertz CT molecular complexity index is 614. The number of carbonyl (C=O) groups excluding carboxylic acids is 1. The predicted molar refractivity (Wildman–Crippen MR) is 91.3 cm³/mol. The van der Waals surface area contributed by atoms with E-state index in [2.05, 4.69) is 10.6 Å². The van der Waals surface area contributed by atoms with Crippen molar-refractivity contribution in [3.05, 3.63) is 69.7 Å². The van der Waals surface area contributed by atoms with Crippen LogP contribution in [0.4, 0.5) is 0 Å². The van der Waals surface area contributed by atoms with Crippen molar-refractivity contribution in [3.8, 4) is 0 Å². The van der Waals surface area contributed by atoms with Gasteiger partial charge in [0.15, 0.2) is 0 Å². The maximum Gasteiger partial charge on any atom is 0.233 e. The van der Waals surface area contributed by atoms with Crippen LogP contribution >= 0.6 is 23.2 Å². The standard InChI is InChI=1S/C17H18Cl2N2O/c18-15-6-4-14(5-7-15)11-20-12-17(22)21-9-8-13-2-1-3-16(19)10-13/h1-7,10,20H,8-9,11-12H2,(H,21,22). The fourth-order valence-electron chi connectivity index (χ4n) is 2.02. The van der Waals surface area contributed by atoms with Gasteiger partial charge < -0.3 is 10.6 Å². The summed E-state index contributed by atoms with van der Waals surface area (Å²) in [6, 6.07) is 15.2. The van der Waals surface area contributed by atoms with Crippen molar-refractivity contribution >= 4 is 29.1 Å². The number of amides is 1. The zero-order chi connectivity index (χ0) is 15.8. The van der Waals surface area contributed by atoms with E-state index in [4.69, 9.17) is 23.2 Å². The van der Waals surface area contributed by atoms with Crippen LogP contribution in [0.25, 0.3) is 0 Å². The predicted octanol–water partition coefficient (Wildman–Crippen LogP) is 3.44. The van der Waals surface area contributed by atoms with Gasteiger partial charge in [-0.3, -0.25) is 4.79 Å². The molecule has 0 heterocycles. The monoisotopic (exact) mass is 336 g/mol. The second-order valence-electron chi connectivity index (χ2n) is 4.96. The van der Waals surface area contributed by atoms with Crippen LogP contribution in [0, 0.1) is 0 Å². The Morgan fingerprint density at radius 2 is 1.73 bits per heavy atom. The van der Waals surface area contributed by atoms with E-state index < -0.39 is 0 Å². The van der Waals surface area contributed by atoms with Gasteiger partial charge in [0.2, 0.25) is 5.91 Å². The average Bonchev–Trinajstić information content (AvgIpc) is 2.49. The molecule has 0 saturated carbocycles. The van der Waals surface area contributed by atoms with Crippen molar-refractivity contribution in [1.82, 2.24) is 10.6 Å². The third kappa shape index (κ3) is 6.06. The van der Waals surface area contributed by atoms with Crippen molar-refractivity contribution in [2.45, 2.75) is 13.0 Å². The second kappa shape index (κ2) is 8.79. The fraction of sp³-hybridized carbons (Fsp3) is 0.235. The zero-order valence-corrected chi connectivity index (χ0v) is 13.6. The van der Waals surface area contributed by atoms with Gasteiger partial charge in [-0.25, -0.2) is 0 Å². The van der Waals surface area contributed by atoms with Crippen LogP contribution in [-0.2, 0) is 17.8 Å². The molecule has 0 aliphatic carbocycles. The first-order valence-electron chi connectivity index (χ1n) is 7.10. The molecule has 0 bridgehead atoms. The van der Waals surface area contributed by atoms with E-state index in [0.29, 0.717) is 23.1 Å². The highest BCUT2D eigenvalue weighted by Crippen LogP contribution is 2.10. The van der Waals surface area contributed by atoms with Gasteiger partial charge in [0, 0.05) is 23.1 Å². The van der Waals surface area contributed by atoms with Crippen LogP contribution < -0.4 is 10.6 Å². The summed E-state index contributed by atoms with van der Waals surface area (Å²) >= 11 is 11.7. The maximum absolute atomic E-state index is 11.7. The molecule has 5 heteroatoms. The minimum Gasteiger partial charge on any atom is -0.355 e. The Kier molecular flexibility index (Phi) is 6.72. The lowest BCUT2D eigenvalue weighted by Gasteiger charge is -2.07. The van der Waals surface area contributed by atoms with E-state index in [-0.39, 0.29) is 12.5 Å². The molecule has 0 atom stereocenters. The van der Waals surface area contributed by atoms with Gasteiger partial charge in [0.1, 0.15) is 0 Å². The highest BCUT2D eigenvalue weighted by atomic mass is 35.5. The molecule has 22 heavy (non-hydrogen) atoms. The number of halogens is 2. The average molecular weight is 337 g/mol. The summed E-state index contributed by atoms with van der Waals surface area (Å²) in [4.78, 5) is 11.7. The molecular weight excluding hydrogens is 319 g/mol. The van der Waals surface area contributed by atoms with E-state index in [1.807, 2.05) is 48.5 Å². The minimum absolute atomic E-state index is 0.0176. The Balaban J connectivity index is 1.62. The normalized spacial score (nSPS) is 10.5. The zero-order valence-electron chi connectivity index (χ0n) is 12.1. The molecular formula is C17H18Cl2N2O. The van der Waals surface area contributed by atoms with Gasteiger partial charge in [-0.05, 0) is 41.8 Å². The van der Waals surface area contributed by atoms with Gasteiger partial charge in [0.25, 0.3) is 0 Å². The minimum atomic E-state index is -0.0176. The number of rotatable bonds is 7. The van der Waals surface area contributed by atoms with Crippen LogP contribution in [0.5, 0.6) is 0 Å². The van der Waals surface area contributed by atoms with Crippen LogP contribution in [0.3, 0.4) is 0 Å². The number of hydrogen-bond acceptors (Lipinski definition) is 2. The quantitative estimate of drug-likeness (QED) is 0.813. The molecule has 2 aromatic carbocycles. The Morgan fingerprint density at radius 1 is 0.955 bits per heavy atom. The summed E-state index contributed by atoms with van der Waals surface area (Å²) in [6.07, 6.45) is 0.767. The lowest BCUT2D eigenvalue weighted by molar-refractivity contribution is -0.120. The first kappa shape index (κ1) is 16.8.